The second kappa shape index (κ2) is 4.61. The topological polar surface area (TPSA) is 90.6 Å². The Morgan fingerprint density at radius 3 is 2.80 bits per heavy atom. The predicted molar refractivity (Wildman–Crippen MR) is 78.5 cm³/mol. The number of H-pyrrole nitrogens is 2. The van der Waals surface area contributed by atoms with E-state index in [1.54, 1.807) is 18.2 Å². The van der Waals surface area contributed by atoms with Gasteiger partial charge in [-0.1, -0.05) is 6.07 Å². The third-order valence-electron chi connectivity index (χ3n) is 3.04. The van der Waals surface area contributed by atoms with Gasteiger partial charge < -0.3 is 9.97 Å². The Hall–Kier alpha value is -2.41. The predicted octanol–water partition coefficient (Wildman–Crippen LogP) is 2.18. The van der Waals surface area contributed by atoms with E-state index in [1.165, 1.54) is 11.3 Å². The monoisotopic (exact) mass is 288 g/mol. The van der Waals surface area contributed by atoms with E-state index in [1.807, 2.05) is 13.8 Å². The largest absolute Gasteiger partial charge is 0.323 e. The first-order valence-corrected chi connectivity index (χ1v) is 6.82. The quantitative estimate of drug-likeness (QED) is 0.675. The molecule has 3 rings (SSSR count). The van der Waals surface area contributed by atoms with Crippen molar-refractivity contribution in [1.29, 1.82) is 0 Å². The third kappa shape index (κ3) is 2.12. The first-order valence-electron chi connectivity index (χ1n) is 6.01. The van der Waals surface area contributed by atoms with E-state index in [0.717, 1.165) is 10.6 Å². The smallest absolute Gasteiger partial charge is 0.306 e. The van der Waals surface area contributed by atoms with Crippen LogP contribution in [0.25, 0.3) is 11.0 Å². The number of aryl methyl sites for hydroxylation is 2. The van der Waals surface area contributed by atoms with Gasteiger partial charge in [0.15, 0.2) is 5.13 Å². The number of imidazole rings is 1. The average Bonchev–Trinajstić information content (AvgIpc) is 2.91. The fraction of sp³-hybridized carbons (Fsp3) is 0.154. The van der Waals surface area contributed by atoms with Gasteiger partial charge in [-0.05, 0) is 26.0 Å². The summed E-state index contributed by atoms with van der Waals surface area (Å²) in [4.78, 5) is 34.2. The van der Waals surface area contributed by atoms with Crippen LogP contribution in [0.5, 0.6) is 0 Å². The highest BCUT2D eigenvalue weighted by Gasteiger charge is 2.14. The lowest BCUT2D eigenvalue weighted by molar-refractivity contribution is 0.102. The molecule has 7 heteroatoms. The molecule has 3 N–H and O–H groups in total. The molecule has 0 aliphatic rings. The van der Waals surface area contributed by atoms with Gasteiger partial charge in [0, 0.05) is 4.88 Å². The van der Waals surface area contributed by atoms with E-state index < -0.39 is 0 Å². The van der Waals surface area contributed by atoms with E-state index in [9.17, 15) is 9.59 Å². The lowest BCUT2D eigenvalue weighted by atomic mass is 10.2. The minimum absolute atomic E-state index is 0.292. The first kappa shape index (κ1) is 12.6. The Morgan fingerprint density at radius 2 is 2.10 bits per heavy atom. The molecule has 1 amide bonds. The summed E-state index contributed by atoms with van der Waals surface area (Å²) in [6.07, 6.45) is 0. The molecule has 2 heterocycles. The molecule has 0 unspecified atom stereocenters. The van der Waals surface area contributed by atoms with Crippen LogP contribution in [0, 0.1) is 13.8 Å². The maximum Gasteiger partial charge on any atom is 0.323 e. The number of amides is 1. The minimum atomic E-state index is -0.332. The summed E-state index contributed by atoms with van der Waals surface area (Å²) < 4.78 is 0. The van der Waals surface area contributed by atoms with Gasteiger partial charge in [0.05, 0.1) is 22.3 Å². The van der Waals surface area contributed by atoms with Gasteiger partial charge in [-0.2, -0.15) is 0 Å². The summed E-state index contributed by atoms with van der Waals surface area (Å²) in [5, 5.41) is 3.31. The molecule has 1 aromatic carbocycles. The summed E-state index contributed by atoms with van der Waals surface area (Å²) in [7, 11) is 0. The number of nitrogens with one attached hydrogen (secondary N) is 3. The summed E-state index contributed by atoms with van der Waals surface area (Å²) in [5.41, 5.74) is 2.08. The second-order valence-corrected chi connectivity index (χ2v) is 5.63. The van der Waals surface area contributed by atoms with Crippen LogP contribution in [0.4, 0.5) is 5.13 Å². The average molecular weight is 288 g/mol. The minimum Gasteiger partial charge on any atom is -0.306 e. The number of hydrogen-bond donors (Lipinski definition) is 3. The standard InChI is InChI=1S/C13H12N4O2S/c1-6-7(2)20-13(14-6)17-11(18)8-4-3-5-9-10(8)16-12(19)15-9/h3-5H,1-2H3,(H,14,17,18)(H2,15,16,19). The molecule has 6 nitrogen and oxygen atoms in total. The maximum absolute atomic E-state index is 12.3. The van der Waals surface area contributed by atoms with Crippen molar-refractivity contribution >= 4 is 33.4 Å². The Labute approximate surface area is 117 Å². The van der Waals surface area contributed by atoms with Gasteiger partial charge in [-0.15, -0.1) is 11.3 Å². The first-order chi connectivity index (χ1) is 9.54. The number of carbonyl (C=O) groups excluding carboxylic acids is 1. The number of hydrogen-bond acceptors (Lipinski definition) is 4. The highest BCUT2D eigenvalue weighted by atomic mass is 32.1. The molecule has 0 aliphatic carbocycles. The number of fused-ring (bicyclic) bond motifs is 1. The van der Waals surface area contributed by atoms with E-state index in [2.05, 4.69) is 20.3 Å². The highest BCUT2D eigenvalue weighted by molar-refractivity contribution is 7.15. The van der Waals surface area contributed by atoms with Crippen LogP contribution in [-0.4, -0.2) is 20.9 Å². The van der Waals surface area contributed by atoms with Gasteiger partial charge in [0.25, 0.3) is 5.91 Å². The molecule has 3 aromatic rings. The second-order valence-electron chi connectivity index (χ2n) is 4.42. The van der Waals surface area contributed by atoms with E-state index in [0.29, 0.717) is 21.7 Å². The van der Waals surface area contributed by atoms with Gasteiger partial charge in [-0.25, -0.2) is 9.78 Å². The number of thiazole rings is 1. The Morgan fingerprint density at radius 1 is 1.30 bits per heavy atom. The molecule has 2 aromatic heterocycles. The van der Waals surface area contributed by atoms with Gasteiger partial charge in [0.1, 0.15) is 0 Å². The zero-order valence-corrected chi connectivity index (χ0v) is 11.7. The lowest BCUT2D eigenvalue weighted by Gasteiger charge is -2.02. The van der Waals surface area contributed by atoms with Crippen LogP contribution >= 0.6 is 11.3 Å². The molecule has 0 fully saturated rings. The van der Waals surface area contributed by atoms with Gasteiger partial charge >= 0.3 is 5.69 Å². The Balaban J connectivity index is 1.98. The third-order valence-corrected chi connectivity index (χ3v) is 4.03. The Kier molecular flexibility index (Phi) is 2.90. The highest BCUT2D eigenvalue weighted by Crippen LogP contribution is 2.22. The molecule has 20 heavy (non-hydrogen) atoms. The normalized spacial score (nSPS) is 10.9. The number of anilines is 1. The number of aromatic amines is 2. The van der Waals surface area contributed by atoms with Crippen LogP contribution in [0.3, 0.4) is 0 Å². The van der Waals surface area contributed by atoms with Crippen molar-refractivity contribution in [2.75, 3.05) is 5.32 Å². The summed E-state index contributed by atoms with van der Waals surface area (Å²) >= 11 is 1.43. The molecular formula is C13H12N4O2S. The van der Waals surface area contributed by atoms with Gasteiger partial charge in [0.2, 0.25) is 0 Å². The molecule has 0 radical (unpaired) electrons. The number of nitrogens with zero attached hydrogens (tertiary/aromatic N) is 1. The van der Waals surface area contributed by atoms with Gasteiger partial charge in [-0.3, -0.25) is 10.1 Å². The van der Waals surface area contributed by atoms with E-state index >= 15 is 0 Å². The number of benzene rings is 1. The van der Waals surface area contributed by atoms with Crippen molar-refractivity contribution in [2.24, 2.45) is 0 Å². The number of para-hydroxylation sites is 1. The molecule has 0 bridgehead atoms. The van der Waals surface area contributed by atoms with Crippen molar-refractivity contribution in [1.82, 2.24) is 15.0 Å². The van der Waals surface area contributed by atoms with Crippen LogP contribution in [0.2, 0.25) is 0 Å². The maximum atomic E-state index is 12.3. The number of rotatable bonds is 2. The molecule has 102 valence electrons. The van der Waals surface area contributed by atoms with E-state index in [-0.39, 0.29) is 11.6 Å². The van der Waals surface area contributed by atoms with Crippen LogP contribution < -0.4 is 11.0 Å². The molecule has 0 saturated carbocycles. The van der Waals surface area contributed by atoms with Crippen molar-refractivity contribution < 1.29 is 4.79 Å². The van der Waals surface area contributed by atoms with Crippen LogP contribution in [-0.2, 0) is 0 Å². The fourth-order valence-corrected chi connectivity index (χ4v) is 2.75. The molecule has 0 aliphatic heterocycles. The zero-order valence-electron chi connectivity index (χ0n) is 10.9. The molecule has 0 spiro atoms. The van der Waals surface area contributed by atoms with Crippen molar-refractivity contribution in [3.63, 3.8) is 0 Å². The molecule has 0 atom stereocenters. The lowest BCUT2D eigenvalue weighted by Crippen LogP contribution is -2.12. The zero-order chi connectivity index (χ0) is 14.3. The summed E-state index contributed by atoms with van der Waals surface area (Å²) in [6, 6.07) is 5.12. The van der Waals surface area contributed by atoms with E-state index in [4.69, 9.17) is 0 Å². The fourth-order valence-electron chi connectivity index (χ4n) is 1.94. The number of carbonyl (C=O) groups is 1. The number of aromatic nitrogens is 3. The van der Waals surface area contributed by atoms with Crippen molar-refractivity contribution in [3.05, 3.63) is 44.8 Å². The van der Waals surface area contributed by atoms with Crippen molar-refractivity contribution in [3.8, 4) is 0 Å². The Bertz CT molecular complexity index is 839. The van der Waals surface area contributed by atoms with Crippen molar-refractivity contribution in [2.45, 2.75) is 13.8 Å². The summed E-state index contributed by atoms with van der Waals surface area (Å²) in [6.45, 7) is 3.85. The van der Waals surface area contributed by atoms with Crippen LogP contribution in [0.15, 0.2) is 23.0 Å². The SMILES string of the molecule is Cc1nc(NC(=O)c2cccc3[nH]c(=O)[nH]c23)sc1C. The van der Waals surface area contributed by atoms with Crippen LogP contribution in [0.1, 0.15) is 20.9 Å². The molecular weight excluding hydrogens is 276 g/mol. The summed E-state index contributed by atoms with van der Waals surface area (Å²) in [5.74, 6) is -0.292. The molecule has 0 saturated heterocycles.